The molecule has 0 bridgehead atoms. The third-order valence-corrected chi connectivity index (χ3v) is 5.60. The summed E-state index contributed by atoms with van der Waals surface area (Å²) in [5, 5.41) is 1.46. The Labute approximate surface area is 83.9 Å². The Morgan fingerprint density at radius 2 is 1.92 bits per heavy atom. The highest BCUT2D eigenvalue weighted by atomic mass is 79.9. The molecular formula is C10H14BrP. The number of hydrogen-bond donors (Lipinski definition) is 0. The molecule has 0 aliphatic carbocycles. The fraction of sp³-hybridized carbons (Fsp3) is 0.400. The van der Waals surface area contributed by atoms with Gasteiger partial charge in [0.15, 0.2) is 0 Å². The molecule has 0 radical (unpaired) electrons. The lowest BCUT2D eigenvalue weighted by atomic mass is 10.4. The SMILES string of the molecule is CCCCP(Br)c1ccccc1. The van der Waals surface area contributed by atoms with Crippen LogP contribution < -0.4 is 5.30 Å². The van der Waals surface area contributed by atoms with Crippen LogP contribution >= 0.6 is 22.1 Å². The first kappa shape index (κ1) is 10.2. The molecule has 66 valence electrons. The largest absolute Gasteiger partial charge is 0.0654 e. The molecule has 0 amide bonds. The van der Waals surface area contributed by atoms with E-state index in [9.17, 15) is 0 Å². The van der Waals surface area contributed by atoms with E-state index in [1.165, 1.54) is 24.3 Å². The maximum atomic E-state index is 3.75. The summed E-state index contributed by atoms with van der Waals surface area (Å²) in [4.78, 5) is 0. The van der Waals surface area contributed by atoms with E-state index in [1.807, 2.05) is 0 Å². The second-order valence-electron chi connectivity index (χ2n) is 2.77. The fourth-order valence-corrected chi connectivity index (χ4v) is 3.83. The minimum atomic E-state index is -0.0691. The van der Waals surface area contributed by atoms with Crippen LogP contribution in [0.1, 0.15) is 19.8 Å². The zero-order chi connectivity index (χ0) is 8.81. The van der Waals surface area contributed by atoms with Crippen molar-refractivity contribution in [2.75, 3.05) is 6.16 Å². The molecule has 0 aromatic heterocycles. The second kappa shape index (κ2) is 5.72. The van der Waals surface area contributed by atoms with E-state index in [0.717, 1.165) is 0 Å². The van der Waals surface area contributed by atoms with Gasteiger partial charge in [-0.05, 0) is 24.5 Å². The van der Waals surface area contributed by atoms with Gasteiger partial charge in [-0.3, -0.25) is 0 Å². The van der Waals surface area contributed by atoms with Crippen LogP contribution in [0.15, 0.2) is 30.3 Å². The van der Waals surface area contributed by atoms with Crippen LogP contribution in [-0.2, 0) is 0 Å². The molecule has 0 spiro atoms. The summed E-state index contributed by atoms with van der Waals surface area (Å²) in [5.74, 6) is 0. The molecule has 0 saturated carbocycles. The Kier molecular flexibility index (Phi) is 4.87. The molecule has 0 heterocycles. The second-order valence-corrected chi connectivity index (χ2v) is 7.03. The summed E-state index contributed by atoms with van der Waals surface area (Å²) in [6.07, 6.45) is 3.92. The molecule has 1 atom stereocenters. The van der Waals surface area contributed by atoms with Crippen molar-refractivity contribution in [3.05, 3.63) is 30.3 Å². The van der Waals surface area contributed by atoms with Crippen molar-refractivity contribution in [3.63, 3.8) is 0 Å². The zero-order valence-corrected chi connectivity index (χ0v) is 9.81. The van der Waals surface area contributed by atoms with Crippen molar-refractivity contribution in [2.24, 2.45) is 0 Å². The third-order valence-electron chi connectivity index (χ3n) is 1.74. The fourth-order valence-electron chi connectivity index (χ4n) is 1.02. The normalized spacial score (nSPS) is 12.8. The third kappa shape index (κ3) is 3.25. The predicted molar refractivity (Wildman–Crippen MR) is 61.7 cm³/mol. The van der Waals surface area contributed by atoms with Gasteiger partial charge in [0.1, 0.15) is 0 Å². The van der Waals surface area contributed by atoms with E-state index in [0.29, 0.717) is 0 Å². The summed E-state index contributed by atoms with van der Waals surface area (Å²) in [7, 11) is 0. The summed E-state index contributed by atoms with van der Waals surface area (Å²) >= 11 is 3.75. The lowest BCUT2D eigenvalue weighted by Crippen LogP contribution is -1.97. The first-order valence-corrected chi connectivity index (χ1v) is 7.87. The van der Waals surface area contributed by atoms with E-state index < -0.39 is 0 Å². The van der Waals surface area contributed by atoms with Gasteiger partial charge in [0, 0.05) is 0 Å². The van der Waals surface area contributed by atoms with Crippen molar-refractivity contribution in [2.45, 2.75) is 19.8 Å². The van der Waals surface area contributed by atoms with E-state index in [4.69, 9.17) is 0 Å². The zero-order valence-electron chi connectivity index (χ0n) is 7.33. The van der Waals surface area contributed by atoms with Gasteiger partial charge in [-0.1, -0.05) is 59.2 Å². The molecule has 0 saturated heterocycles. The summed E-state index contributed by atoms with van der Waals surface area (Å²) in [6, 6.07) is 10.7. The first-order valence-electron chi connectivity index (χ1n) is 4.33. The number of unbranched alkanes of at least 4 members (excludes halogenated alkanes) is 1. The standard InChI is InChI=1S/C10H14BrP/c1-2-3-9-12(11)10-7-5-4-6-8-10/h4-8H,2-3,9H2,1H3. The quantitative estimate of drug-likeness (QED) is 0.705. The molecule has 0 fully saturated rings. The summed E-state index contributed by atoms with van der Waals surface area (Å²) in [6.45, 7) is 2.17. The molecule has 1 rings (SSSR count). The molecule has 12 heavy (non-hydrogen) atoms. The molecule has 1 aromatic carbocycles. The van der Waals surface area contributed by atoms with Crippen LogP contribution in [0.3, 0.4) is 0 Å². The lowest BCUT2D eigenvalue weighted by Gasteiger charge is -2.08. The van der Waals surface area contributed by atoms with E-state index in [-0.39, 0.29) is 6.62 Å². The van der Waals surface area contributed by atoms with Crippen LogP contribution in [0.4, 0.5) is 0 Å². The van der Waals surface area contributed by atoms with Crippen molar-refractivity contribution >= 4 is 27.4 Å². The highest BCUT2D eigenvalue weighted by Gasteiger charge is 2.04. The number of halogens is 1. The molecule has 0 aliphatic heterocycles. The van der Waals surface area contributed by atoms with Crippen LogP contribution in [0.25, 0.3) is 0 Å². The van der Waals surface area contributed by atoms with Gasteiger partial charge in [-0.25, -0.2) is 0 Å². The Balaban J connectivity index is 2.48. The van der Waals surface area contributed by atoms with Gasteiger partial charge < -0.3 is 0 Å². The van der Waals surface area contributed by atoms with Gasteiger partial charge in [0.2, 0.25) is 0 Å². The molecule has 0 aliphatic rings. The smallest absolute Gasteiger partial charge is 0.00452 e. The van der Waals surface area contributed by atoms with Crippen LogP contribution in [0, 0.1) is 0 Å². The van der Waals surface area contributed by atoms with E-state index >= 15 is 0 Å². The molecule has 0 N–H and O–H groups in total. The van der Waals surface area contributed by atoms with Gasteiger partial charge in [-0.2, -0.15) is 0 Å². The maximum absolute atomic E-state index is 3.75. The average Bonchev–Trinajstić information content (AvgIpc) is 2.15. The molecular weight excluding hydrogens is 231 g/mol. The lowest BCUT2D eigenvalue weighted by molar-refractivity contribution is 0.895. The van der Waals surface area contributed by atoms with Crippen molar-refractivity contribution in [3.8, 4) is 0 Å². The van der Waals surface area contributed by atoms with Crippen LogP contribution in [0.5, 0.6) is 0 Å². The van der Waals surface area contributed by atoms with Gasteiger partial charge >= 0.3 is 0 Å². The van der Waals surface area contributed by atoms with Crippen molar-refractivity contribution in [1.82, 2.24) is 0 Å². The molecule has 1 aromatic rings. The van der Waals surface area contributed by atoms with Gasteiger partial charge in [0.05, 0.1) is 0 Å². The summed E-state index contributed by atoms with van der Waals surface area (Å²) < 4.78 is 0. The summed E-state index contributed by atoms with van der Waals surface area (Å²) in [5.41, 5.74) is 0. The Bertz CT molecular complexity index is 210. The molecule has 0 nitrogen and oxygen atoms in total. The Hall–Kier alpha value is 0.130. The van der Waals surface area contributed by atoms with Gasteiger partial charge in [-0.15, -0.1) is 0 Å². The van der Waals surface area contributed by atoms with E-state index in [2.05, 4.69) is 52.7 Å². The van der Waals surface area contributed by atoms with Crippen molar-refractivity contribution < 1.29 is 0 Å². The number of benzene rings is 1. The number of rotatable bonds is 4. The maximum Gasteiger partial charge on any atom is -0.00452 e. The Morgan fingerprint density at radius 1 is 1.25 bits per heavy atom. The number of hydrogen-bond acceptors (Lipinski definition) is 0. The monoisotopic (exact) mass is 244 g/mol. The highest BCUT2D eigenvalue weighted by molar-refractivity contribution is 9.40. The Morgan fingerprint density at radius 3 is 2.50 bits per heavy atom. The molecule has 1 unspecified atom stereocenters. The van der Waals surface area contributed by atoms with Crippen molar-refractivity contribution in [1.29, 1.82) is 0 Å². The molecule has 2 heteroatoms. The van der Waals surface area contributed by atoms with Gasteiger partial charge in [0.25, 0.3) is 0 Å². The minimum Gasteiger partial charge on any atom is -0.0654 e. The van der Waals surface area contributed by atoms with Crippen LogP contribution in [-0.4, -0.2) is 6.16 Å². The average molecular weight is 245 g/mol. The minimum absolute atomic E-state index is 0.0691. The van der Waals surface area contributed by atoms with Crippen LogP contribution in [0.2, 0.25) is 0 Å². The predicted octanol–water partition coefficient (Wildman–Crippen LogP) is 3.90. The first-order chi connectivity index (χ1) is 5.84. The highest BCUT2D eigenvalue weighted by Crippen LogP contribution is 2.43. The van der Waals surface area contributed by atoms with E-state index in [1.54, 1.807) is 0 Å². The topological polar surface area (TPSA) is 0 Å².